The molecule has 0 aliphatic heterocycles. The smallest absolute Gasteiger partial charge is 0.309 e. The standard InChI is InChI=1S/C27H23F3N6O/c1-36-17-22(15-34-36)21-11-12-24(32-14-21)35-26(37)25(20-5-3-2-4-6-20)33-16-23(27(28,29)30)19-9-7-18(13-31)8-10-19/h2-12,14-15,17,23,25,33H,16H2,1H3,(H,32,35,37)/t23-,25?/m0/s1. The summed E-state index contributed by atoms with van der Waals surface area (Å²) in [6.07, 6.45) is 0.538. The van der Waals surface area contributed by atoms with E-state index in [4.69, 9.17) is 5.26 Å². The Bertz CT molecular complexity index is 1380. The maximum atomic E-state index is 13.9. The van der Waals surface area contributed by atoms with Gasteiger partial charge in [0.25, 0.3) is 0 Å². The molecule has 37 heavy (non-hydrogen) atoms. The zero-order valence-corrected chi connectivity index (χ0v) is 19.8. The molecular formula is C27H23F3N6O. The Labute approximate surface area is 211 Å². The molecular weight excluding hydrogens is 481 g/mol. The number of aromatic nitrogens is 3. The second kappa shape index (κ2) is 11.1. The van der Waals surface area contributed by atoms with E-state index in [0.29, 0.717) is 5.56 Å². The van der Waals surface area contributed by atoms with Crippen LogP contribution < -0.4 is 10.6 Å². The molecule has 4 rings (SSSR count). The fourth-order valence-corrected chi connectivity index (χ4v) is 3.86. The Kier molecular flexibility index (Phi) is 7.65. The fourth-order valence-electron chi connectivity index (χ4n) is 3.86. The number of carbonyl (C=O) groups excluding carboxylic acids is 1. The molecule has 0 fully saturated rings. The molecule has 2 aromatic carbocycles. The zero-order valence-electron chi connectivity index (χ0n) is 19.8. The summed E-state index contributed by atoms with van der Waals surface area (Å²) in [7, 11) is 1.80. The highest BCUT2D eigenvalue weighted by Crippen LogP contribution is 2.35. The van der Waals surface area contributed by atoms with Gasteiger partial charge < -0.3 is 10.6 Å². The number of rotatable bonds is 8. The van der Waals surface area contributed by atoms with Crippen LogP contribution >= 0.6 is 0 Å². The van der Waals surface area contributed by atoms with Crippen molar-refractivity contribution >= 4 is 11.7 Å². The third-order valence-corrected chi connectivity index (χ3v) is 5.81. The summed E-state index contributed by atoms with van der Waals surface area (Å²) in [6, 6.07) is 18.0. The van der Waals surface area contributed by atoms with Crippen LogP contribution in [0.25, 0.3) is 11.1 Å². The fraction of sp³-hybridized carbons (Fsp3) is 0.185. The molecule has 0 aliphatic carbocycles. The molecule has 0 saturated heterocycles. The van der Waals surface area contributed by atoms with Gasteiger partial charge in [-0.1, -0.05) is 42.5 Å². The number of carbonyl (C=O) groups is 1. The average molecular weight is 505 g/mol. The van der Waals surface area contributed by atoms with Crippen molar-refractivity contribution < 1.29 is 18.0 Å². The number of pyridine rings is 1. The maximum Gasteiger partial charge on any atom is 0.396 e. The van der Waals surface area contributed by atoms with Gasteiger partial charge in [-0.2, -0.15) is 23.5 Å². The molecule has 0 bridgehead atoms. The van der Waals surface area contributed by atoms with Crippen LogP contribution in [-0.2, 0) is 11.8 Å². The Morgan fingerprint density at radius 3 is 2.30 bits per heavy atom. The number of alkyl halides is 3. The Hall–Kier alpha value is -4.49. The lowest BCUT2D eigenvalue weighted by Crippen LogP contribution is -2.39. The first-order chi connectivity index (χ1) is 17.7. The van der Waals surface area contributed by atoms with Crippen molar-refractivity contribution in [2.24, 2.45) is 7.05 Å². The van der Waals surface area contributed by atoms with Crippen molar-refractivity contribution in [1.82, 2.24) is 20.1 Å². The lowest BCUT2D eigenvalue weighted by molar-refractivity contribution is -0.150. The highest BCUT2D eigenvalue weighted by molar-refractivity contribution is 5.95. The highest BCUT2D eigenvalue weighted by atomic mass is 19.4. The summed E-state index contributed by atoms with van der Waals surface area (Å²) in [5, 5.41) is 18.6. The lowest BCUT2D eigenvalue weighted by Gasteiger charge is -2.25. The van der Waals surface area contributed by atoms with Crippen LogP contribution in [0.3, 0.4) is 0 Å². The Balaban J connectivity index is 1.53. The molecule has 2 aromatic heterocycles. The minimum absolute atomic E-state index is 0.00104. The van der Waals surface area contributed by atoms with E-state index in [1.165, 1.54) is 24.3 Å². The lowest BCUT2D eigenvalue weighted by atomic mass is 9.96. The summed E-state index contributed by atoms with van der Waals surface area (Å²) < 4.78 is 43.5. The maximum absolute atomic E-state index is 13.9. The van der Waals surface area contributed by atoms with E-state index in [1.807, 2.05) is 12.3 Å². The van der Waals surface area contributed by atoms with Gasteiger partial charge in [-0.3, -0.25) is 9.48 Å². The molecule has 1 amide bonds. The molecule has 2 N–H and O–H groups in total. The topological polar surface area (TPSA) is 95.6 Å². The Morgan fingerprint density at radius 1 is 1.00 bits per heavy atom. The number of nitrogens with zero attached hydrogens (tertiary/aromatic N) is 4. The van der Waals surface area contributed by atoms with Crippen LogP contribution in [-0.4, -0.2) is 33.4 Å². The molecule has 7 nitrogen and oxygen atoms in total. The second-order valence-corrected chi connectivity index (χ2v) is 8.40. The summed E-state index contributed by atoms with van der Waals surface area (Å²) in [6.45, 7) is -0.546. The van der Waals surface area contributed by atoms with Crippen molar-refractivity contribution in [3.8, 4) is 17.2 Å². The number of aryl methyl sites for hydroxylation is 1. The molecule has 2 heterocycles. The number of anilines is 1. The predicted molar refractivity (Wildman–Crippen MR) is 132 cm³/mol. The first-order valence-corrected chi connectivity index (χ1v) is 11.4. The third-order valence-electron chi connectivity index (χ3n) is 5.81. The molecule has 188 valence electrons. The van der Waals surface area contributed by atoms with E-state index in [-0.39, 0.29) is 16.9 Å². The molecule has 0 radical (unpaired) electrons. The van der Waals surface area contributed by atoms with Crippen LogP contribution in [0.5, 0.6) is 0 Å². The summed E-state index contributed by atoms with van der Waals surface area (Å²) in [5.74, 6) is -2.16. The zero-order chi connectivity index (χ0) is 26.4. The molecule has 0 spiro atoms. The number of nitriles is 1. The van der Waals surface area contributed by atoms with Crippen molar-refractivity contribution in [3.63, 3.8) is 0 Å². The van der Waals surface area contributed by atoms with Gasteiger partial charge in [-0.05, 0) is 35.4 Å². The van der Waals surface area contributed by atoms with Crippen LogP contribution in [0.2, 0.25) is 0 Å². The van der Waals surface area contributed by atoms with Crippen molar-refractivity contribution in [2.75, 3.05) is 11.9 Å². The van der Waals surface area contributed by atoms with E-state index >= 15 is 0 Å². The second-order valence-electron chi connectivity index (χ2n) is 8.40. The van der Waals surface area contributed by atoms with Gasteiger partial charge in [0.15, 0.2) is 0 Å². The molecule has 1 unspecified atom stereocenters. The number of nitrogens with one attached hydrogen (secondary N) is 2. The van der Waals surface area contributed by atoms with Crippen molar-refractivity contribution in [2.45, 2.75) is 18.1 Å². The minimum atomic E-state index is -4.57. The number of amides is 1. The van der Waals surface area contributed by atoms with Crippen LogP contribution in [0.15, 0.2) is 85.3 Å². The van der Waals surface area contributed by atoms with Crippen LogP contribution in [0.4, 0.5) is 19.0 Å². The Morgan fingerprint density at radius 2 is 1.73 bits per heavy atom. The number of benzene rings is 2. The first-order valence-electron chi connectivity index (χ1n) is 11.4. The monoisotopic (exact) mass is 504 g/mol. The summed E-state index contributed by atoms with van der Waals surface area (Å²) in [4.78, 5) is 17.5. The molecule has 4 aromatic rings. The van der Waals surface area contributed by atoms with Gasteiger partial charge >= 0.3 is 6.18 Å². The summed E-state index contributed by atoms with van der Waals surface area (Å²) in [5.41, 5.74) is 2.43. The molecule has 10 heteroatoms. The van der Waals surface area contributed by atoms with Gasteiger partial charge in [0.05, 0.1) is 23.7 Å². The predicted octanol–water partition coefficient (Wildman–Crippen LogP) is 4.97. The van der Waals surface area contributed by atoms with Gasteiger partial charge in [-0.15, -0.1) is 0 Å². The highest BCUT2D eigenvalue weighted by Gasteiger charge is 2.41. The van der Waals surface area contributed by atoms with Gasteiger partial charge in [0.2, 0.25) is 5.91 Å². The van der Waals surface area contributed by atoms with Crippen molar-refractivity contribution in [3.05, 3.63) is 102 Å². The average Bonchev–Trinajstić information content (AvgIpc) is 3.33. The SMILES string of the molecule is Cn1cc(-c2ccc(NC(=O)C(NC[C@@H](c3ccc(C#N)cc3)C(F)(F)F)c3ccccc3)nc2)cn1. The largest absolute Gasteiger partial charge is 0.396 e. The van der Waals surface area contributed by atoms with Gasteiger partial charge in [0, 0.05) is 37.1 Å². The normalized spacial score (nSPS) is 12.9. The van der Waals surface area contributed by atoms with E-state index in [9.17, 15) is 18.0 Å². The number of hydrogen-bond acceptors (Lipinski definition) is 5. The summed E-state index contributed by atoms with van der Waals surface area (Å²) >= 11 is 0. The van der Waals surface area contributed by atoms with E-state index < -0.39 is 30.6 Å². The minimum Gasteiger partial charge on any atom is -0.309 e. The molecule has 0 aliphatic rings. The van der Waals surface area contributed by atoms with Crippen LogP contribution in [0.1, 0.15) is 28.7 Å². The van der Waals surface area contributed by atoms with Crippen molar-refractivity contribution in [1.29, 1.82) is 5.26 Å². The van der Waals surface area contributed by atoms with Gasteiger partial charge in [0.1, 0.15) is 11.9 Å². The first kappa shape index (κ1) is 25.6. The number of halogens is 3. The number of hydrogen-bond donors (Lipinski definition) is 2. The van der Waals surface area contributed by atoms with Crippen LogP contribution in [0, 0.1) is 11.3 Å². The van der Waals surface area contributed by atoms with E-state index in [0.717, 1.165) is 11.1 Å². The quantitative estimate of drug-likeness (QED) is 0.353. The third kappa shape index (κ3) is 6.39. The molecule has 2 atom stereocenters. The van der Waals surface area contributed by atoms with E-state index in [1.54, 1.807) is 66.6 Å². The van der Waals surface area contributed by atoms with Gasteiger partial charge in [-0.25, -0.2) is 4.98 Å². The van der Waals surface area contributed by atoms with E-state index in [2.05, 4.69) is 20.7 Å². The molecule has 0 saturated carbocycles.